The van der Waals surface area contributed by atoms with E-state index in [1.165, 1.54) is 4.90 Å². The van der Waals surface area contributed by atoms with Crippen molar-refractivity contribution in [1.82, 2.24) is 13.1 Å². The van der Waals surface area contributed by atoms with Gasteiger partial charge in [-0.2, -0.15) is 8.32 Å². The lowest BCUT2D eigenvalue weighted by Crippen LogP contribution is -2.27. The number of amides is 3. The maximum atomic E-state index is 12.2. The summed E-state index contributed by atoms with van der Waals surface area (Å²) in [5.41, 5.74) is 7.31. The summed E-state index contributed by atoms with van der Waals surface area (Å²) in [4.78, 5) is 29.1. The number of hydrogen-bond acceptors (Lipinski definition) is 6. The number of hydrazone groups is 1. The molecule has 9 nitrogen and oxygen atoms in total. The molecule has 2 N–H and O–H groups in total. The van der Waals surface area contributed by atoms with Gasteiger partial charge in [0.2, 0.25) is 0 Å². The first-order valence-corrected chi connectivity index (χ1v) is 9.04. The largest absolute Gasteiger partial charge is 0.497 e. The molecule has 1 aromatic heterocycles. The second-order valence-corrected chi connectivity index (χ2v) is 6.72. The number of aromatic nitrogens is 1. The van der Waals surface area contributed by atoms with Crippen molar-refractivity contribution in [2.24, 2.45) is 10.8 Å². The van der Waals surface area contributed by atoms with Gasteiger partial charge >= 0.3 is 12.1 Å². The standard InChI is InChI=1S/C18H20IN5O4/c1-11(22-24(19)17(20)25)15-16(28-18(26)23(2)3)14(9-10-21-15)12-5-7-13(27-4)8-6-12/h5-10H,1-4H3,(H2,20,25). The van der Waals surface area contributed by atoms with Crippen LogP contribution in [-0.4, -0.2) is 52.1 Å². The van der Waals surface area contributed by atoms with E-state index < -0.39 is 12.1 Å². The third-order valence-electron chi connectivity index (χ3n) is 3.62. The number of carbonyl (C=O) groups is 2. The molecule has 0 saturated heterocycles. The van der Waals surface area contributed by atoms with E-state index in [1.807, 2.05) is 12.1 Å². The summed E-state index contributed by atoms with van der Waals surface area (Å²) in [6.45, 7) is 1.64. The minimum atomic E-state index is -0.738. The summed E-state index contributed by atoms with van der Waals surface area (Å²) >= 11 is 1.66. The number of benzene rings is 1. The van der Waals surface area contributed by atoms with Crippen molar-refractivity contribution in [1.29, 1.82) is 0 Å². The van der Waals surface area contributed by atoms with Crippen molar-refractivity contribution in [3.05, 3.63) is 42.2 Å². The Kier molecular flexibility index (Phi) is 7.15. The molecular formula is C18H20IN5O4. The molecule has 2 rings (SSSR count). The van der Waals surface area contributed by atoms with Gasteiger partial charge in [0.25, 0.3) is 0 Å². The fourth-order valence-electron chi connectivity index (χ4n) is 2.21. The molecule has 0 spiro atoms. The second kappa shape index (κ2) is 9.35. The molecule has 148 valence electrons. The van der Waals surface area contributed by atoms with Crippen LogP contribution in [0.4, 0.5) is 9.59 Å². The highest BCUT2D eigenvalue weighted by Gasteiger charge is 2.20. The Morgan fingerprint density at radius 1 is 1.18 bits per heavy atom. The average molecular weight is 497 g/mol. The summed E-state index contributed by atoms with van der Waals surface area (Å²) in [5.74, 6) is 0.923. The van der Waals surface area contributed by atoms with Crippen molar-refractivity contribution in [2.45, 2.75) is 6.92 Å². The number of urea groups is 1. The Morgan fingerprint density at radius 3 is 2.36 bits per heavy atom. The molecule has 10 heteroatoms. The molecule has 0 unspecified atom stereocenters. The molecule has 1 aromatic carbocycles. The van der Waals surface area contributed by atoms with Crippen LogP contribution in [0.2, 0.25) is 0 Å². The summed E-state index contributed by atoms with van der Waals surface area (Å²) in [6, 6.07) is 8.27. The monoisotopic (exact) mass is 497 g/mol. The quantitative estimate of drug-likeness (QED) is 0.295. The highest BCUT2D eigenvalue weighted by Crippen LogP contribution is 2.34. The van der Waals surface area contributed by atoms with Gasteiger partial charge in [-0.1, -0.05) is 12.1 Å². The number of rotatable bonds is 5. The number of nitrogens with two attached hydrogens (primary N) is 1. The lowest BCUT2D eigenvalue weighted by atomic mass is 10.0. The first-order valence-electron chi connectivity index (χ1n) is 8.08. The Balaban J connectivity index is 2.61. The lowest BCUT2D eigenvalue weighted by molar-refractivity contribution is 0.172. The molecule has 0 aliphatic heterocycles. The van der Waals surface area contributed by atoms with E-state index in [-0.39, 0.29) is 5.75 Å². The SMILES string of the molecule is COc1ccc(-c2ccnc(C(C)=NN(I)C(N)=O)c2OC(=O)N(C)C)cc1. The number of pyridine rings is 1. The topological polar surface area (TPSA) is 110 Å². The normalized spacial score (nSPS) is 11.0. The Bertz CT molecular complexity index is 899. The zero-order valence-electron chi connectivity index (χ0n) is 15.8. The highest BCUT2D eigenvalue weighted by molar-refractivity contribution is 14.1. The van der Waals surface area contributed by atoms with Crippen LogP contribution >= 0.6 is 22.9 Å². The van der Waals surface area contributed by atoms with Crippen LogP contribution in [-0.2, 0) is 0 Å². The lowest BCUT2D eigenvalue weighted by Gasteiger charge is -2.17. The number of carbonyl (C=O) groups excluding carboxylic acids is 2. The van der Waals surface area contributed by atoms with Crippen LogP contribution in [0.5, 0.6) is 11.5 Å². The average Bonchev–Trinajstić information content (AvgIpc) is 2.67. The van der Waals surface area contributed by atoms with Gasteiger partial charge in [0, 0.05) is 25.9 Å². The Labute approximate surface area is 176 Å². The van der Waals surface area contributed by atoms with Crippen molar-refractivity contribution in [3.8, 4) is 22.6 Å². The molecule has 0 radical (unpaired) electrons. The van der Waals surface area contributed by atoms with Gasteiger partial charge in [-0.15, -0.1) is 0 Å². The first kappa shape index (κ1) is 21.4. The van der Waals surface area contributed by atoms with E-state index in [1.54, 1.807) is 75.4 Å². The maximum Gasteiger partial charge on any atom is 0.414 e. The van der Waals surface area contributed by atoms with Gasteiger partial charge in [0.1, 0.15) is 11.4 Å². The van der Waals surface area contributed by atoms with Crippen molar-refractivity contribution in [3.63, 3.8) is 0 Å². The first-order chi connectivity index (χ1) is 13.2. The van der Waals surface area contributed by atoms with E-state index in [0.717, 1.165) is 8.79 Å². The molecule has 0 aliphatic carbocycles. The van der Waals surface area contributed by atoms with Crippen LogP contribution < -0.4 is 15.2 Å². The fourth-order valence-corrected chi connectivity index (χ4v) is 2.54. The summed E-state index contributed by atoms with van der Waals surface area (Å²) in [5, 5.41) is 4.10. The van der Waals surface area contributed by atoms with Crippen LogP contribution in [0.25, 0.3) is 11.1 Å². The molecule has 2 aromatic rings. The maximum absolute atomic E-state index is 12.2. The summed E-state index contributed by atoms with van der Waals surface area (Å²) in [7, 11) is 4.73. The fraction of sp³-hybridized carbons (Fsp3) is 0.222. The molecule has 28 heavy (non-hydrogen) atoms. The molecular weight excluding hydrogens is 477 g/mol. The minimum absolute atomic E-state index is 0.224. The summed E-state index contributed by atoms with van der Waals surface area (Å²) in [6.07, 6.45) is 1.00. The predicted molar refractivity (Wildman–Crippen MR) is 114 cm³/mol. The van der Waals surface area contributed by atoms with Crippen molar-refractivity contribution in [2.75, 3.05) is 21.2 Å². The van der Waals surface area contributed by atoms with Crippen LogP contribution in [0.15, 0.2) is 41.6 Å². The van der Waals surface area contributed by atoms with E-state index in [9.17, 15) is 9.59 Å². The molecule has 3 amide bonds. The van der Waals surface area contributed by atoms with Crippen LogP contribution in [0.1, 0.15) is 12.6 Å². The van der Waals surface area contributed by atoms with Gasteiger partial charge in [-0.3, -0.25) is 4.98 Å². The molecule has 0 bridgehead atoms. The molecule has 0 atom stereocenters. The Morgan fingerprint density at radius 2 is 1.82 bits per heavy atom. The number of nitrogens with zero attached hydrogens (tertiary/aromatic N) is 4. The van der Waals surface area contributed by atoms with Gasteiger partial charge in [0.05, 0.1) is 35.7 Å². The molecule has 0 aliphatic rings. The van der Waals surface area contributed by atoms with Crippen molar-refractivity contribution < 1.29 is 19.1 Å². The number of methoxy groups -OCH3 is 1. The third kappa shape index (κ3) is 5.09. The Hall–Kier alpha value is -2.89. The molecule has 0 fully saturated rings. The van der Waals surface area contributed by atoms with E-state index >= 15 is 0 Å². The van der Waals surface area contributed by atoms with E-state index in [4.69, 9.17) is 15.2 Å². The number of halogens is 1. The highest BCUT2D eigenvalue weighted by atomic mass is 127. The van der Waals surface area contributed by atoms with Gasteiger partial charge < -0.3 is 20.1 Å². The summed E-state index contributed by atoms with van der Waals surface area (Å²) < 4.78 is 11.7. The zero-order chi connectivity index (χ0) is 20.8. The second-order valence-electron chi connectivity index (χ2n) is 5.81. The van der Waals surface area contributed by atoms with Crippen molar-refractivity contribution >= 4 is 40.7 Å². The zero-order valence-corrected chi connectivity index (χ0v) is 18.0. The third-order valence-corrected chi connectivity index (χ3v) is 4.31. The van der Waals surface area contributed by atoms with Crippen LogP contribution in [0.3, 0.4) is 0 Å². The molecule has 0 saturated carbocycles. The molecule has 1 heterocycles. The predicted octanol–water partition coefficient (Wildman–Crippen LogP) is 3.27. The number of primary amides is 1. The smallest absolute Gasteiger partial charge is 0.414 e. The van der Waals surface area contributed by atoms with Gasteiger partial charge in [-0.05, 0) is 30.7 Å². The van der Waals surface area contributed by atoms with Crippen LogP contribution in [0, 0.1) is 0 Å². The minimum Gasteiger partial charge on any atom is -0.497 e. The number of hydrogen-bond donors (Lipinski definition) is 1. The van der Waals surface area contributed by atoms with Gasteiger partial charge in [0.15, 0.2) is 5.75 Å². The van der Waals surface area contributed by atoms with E-state index in [2.05, 4.69) is 10.1 Å². The number of ether oxygens (including phenoxy) is 2. The van der Waals surface area contributed by atoms with E-state index in [0.29, 0.717) is 22.7 Å². The van der Waals surface area contributed by atoms with Gasteiger partial charge in [-0.25, -0.2) is 9.59 Å².